The molecule has 6 N–H and O–H groups in total. The van der Waals surface area contributed by atoms with Crippen molar-refractivity contribution >= 4 is 11.9 Å². The van der Waals surface area contributed by atoms with Gasteiger partial charge in [0.15, 0.2) is 12.4 Å². The highest BCUT2D eigenvalue weighted by Gasteiger charge is 2.47. The van der Waals surface area contributed by atoms with Crippen LogP contribution in [0.25, 0.3) is 0 Å². The van der Waals surface area contributed by atoms with E-state index in [1.807, 2.05) is 60.8 Å². The van der Waals surface area contributed by atoms with E-state index in [9.17, 15) is 35.1 Å². The fourth-order valence-electron chi connectivity index (χ4n) is 7.62. The first kappa shape index (κ1) is 60.1. The summed E-state index contributed by atoms with van der Waals surface area (Å²) >= 11 is 0. The van der Waals surface area contributed by atoms with Crippen molar-refractivity contribution in [3.8, 4) is 0 Å². The monoisotopic (exact) mass is 916 g/mol. The first-order valence-corrected chi connectivity index (χ1v) is 25.8. The molecule has 1 saturated heterocycles. The van der Waals surface area contributed by atoms with Gasteiger partial charge in [-0.3, -0.25) is 9.59 Å². The van der Waals surface area contributed by atoms with E-state index in [0.717, 1.165) is 44.9 Å². The van der Waals surface area contributed by atoms with Gasteiger partial charge in [-0.15, -0.1) is 0 Å². The van der Waals surface area contributed by atoms with Gasteiger partial charge in [0, 0.05) is 6.42 Å². The summed E-state index contributed by atoms with van der Waals surface area (Å²) in [6.45, 7) is 5.55. The number of nitrogens with one attached hydrogen (secondary N) is 1. The van der Waals surface area contributed by atoms with Crippen LogP contribution in [-0.2, 0) is 23.8 Å². The van der Waals surface area contributed by atoms with Crippen LogP contribution in [0.3, 0.4) is 0 Å². The average Bonchev–Trinajstić information content (AvgIpc) is 3.30. The van der Waals surface area contributed by atoms with Crippen LogP contribution in [-0.4, -0.2) is 99.6 Å². The van der Waals surface area contributed by atoms with Crippen molar-refractivity contribution in [1.29, 1.82) is 0 Å². The van der Waals surface area contributed by atoms with Gasteiger partial charge in [0.25, 0.3) is 0 Å². The van der Waals surface area contributed by atoms with E-state index in [2.05, 4.69) is 32.2 Å². The van der Waals surface area contributed by atoms with Crippen molar-refractivity contribution < 1.29 is 49.3 Å². The van der Waals surface area contributed by atoms with Crippen molar-refractivity contribution in [3.63, 3.8) is 0 Å². The predicted octanol–water partition coefficient (Wildman–Crippen LogP) is 10.5. The number of hydrogen-bond acceptors (Lipinski definition) is 10. The molecule has 1 aliphatic heterocycles. The normalized spacial score (nSPS) is 20.9. The van der Waals surface area contributed by atoms with Gasteiger partial charge in [-0.2, -0.15) is 0 Å². The zero-order valence-corrected chi connectivity index (χ0v) is 40.8. The predicted molar refractivity (Wildman–Crippen MR) is 264 cm³/mol. The van der Waals surface area contributed by atoms with Crippen molar-refractivity contribution in [3.05, 3.63) is 72.9 Å². The third-order valence-corrected chi connectivity index (χ3v) is 11.8. The SMILES string of the molecule is CC/C=C/C=C/C=C\C=C/C=C/CCCC(=O)OC1C(OCC(NC(=O)C(O)CCCCCCCCCCCC)C(O)/C=C/CCCCCCCCCCCCC)OC(CO)C(O)C1O. The highest BCUT2D eigenvalue weighted by molar-refractivity contribution is 5.80. The Kier molecular flexibility index (Phi) is 39.3. The molecule has 0 bridgehead atoms. The van der Waals surface area contributed by atoms with Crippen molar-refractivity contribution in [2.75, 3.05) is 13.2 Å². The van der Waals surface area contributed by atoms with E-state index in [-0.39, 0.29) is 19.4 Å². The number of carbonyl (C=O) groups is 2. The lowest BCUT2D eigenvalue weighted by atomic mass is 9.99. The molecule has 0 spiro atoms. The Balaban J connectivity index is 2.85. The molecule has 8 unspecified atom stereocenters. The summed E-state index contributed by atoms with van der Waals surface area (Å²) in [6, 6.07) is -1.04. The standard InChI is InChI=1S/C54H93NO10/c1-4-7-10-13-16-19-22-24-26-29-31-34-37-40-46(57)45(55-53(62)47(58)41-38-35-32-28-21-18-15-12-9-6-3)44-63-54-52(51(61)50(60)48(43-56)64-54)65-49(59)42-39-36-33-30-27-25-23-20-17-14-11-8-5-2/h8,11,14,17,20,23,25,27,30,33,37,40,45-48,50-52,54,56-58,60-61H,4-7,9-10,12-13,15-16,18-19,21-22,24,26,28-29,31-32,34-36,38-39,41-44H2,1-3H3,(H,55,62)/b11-8+,17-14+,23-20-,27-25-,33-30+,40-37+. The van der Waals surface area contributed by atoms with Crippen molar-refractivity contribution in [2.45, 2.75) is 243 Å². The summed E-state index contributed by atoms with van der Waals surface area (Å²) in [5.74, 6) is -1.28. The van der Waals surface area contributed by atoms with Gasteiger partial charge in [-0.05, 0) is 38.5 Å². The third kappa shape index (κ3) is 31.7. The fraction of sp³-hybridized carbons (Fsp3) is 0.741. The van der Waals surface area contributed by atoms with E-state index >= 15 is 0 Å². The van der Waals surface area contributed by atoms with Crippen LogP contribution in [0.5, 0.6) is 0 Å². The van der Waals surface area contributed by atoms with E-state index < -0.39 is 67.4 Å². The number of rotatable bonds is 41. The lowest BCUT2D eigenvalue weighted by Crippen LogP contribution is -2.61. The van der Waals surface area contributed by atoms with Crippen LogP contribution < -0.4 is 5.32 Å². The first-order valence-electron chi connectivity index (χ1n) is 25.8. The summed E-state index contributed by atoms with van der Waals surface area (Å²) < 4.78 is 17.4. The van der Waals surface area contributed by atoms with Crippen LogP contribution >= 0.6 is 0 Å². The number of aliphatic hydroxyl groups is 5. The van der Waals surface area contributed by atoms with Crippen LogP contribution in [0.4, 0.5) is 0 Å². The molecule has 8 atom stereocenters. The number of unbranched alkanes of at least 4 members (excludes halogenated alkanes) is 21. The Morgan fingerprint density at radius 3 is 1.65 bits per heavy atom. The maximum atomic E-state index is 13.3. The molecule has 11 nitrogen and oxygen atoms in total. The Morgan fingerprint density at radius 2 is 1.11 bits per heavy atom. The first-order chi connectivity index (χ1) is 31.7. The van der Waals surface area contributed by atoms with Gasteiger partial charge in [0.05, 0.1) is 25.4 Å². The molecular weight excluding hydrogens is 823 g/mol. The van der Waals surface area contributed by atoms with E-state index in [4.69, 9.17) is 14.2 Å². The second-order valence-corrected chi connectivity index (χ2v) is 17.7. The van der Waals surface area contributed by atoms with Gasteiger partial charge < -0.3 is 45.1 Å². The molecule has 0 saturated carbocycles. The Labute approximate surface area is 394 Å². The van der Waals surface area contributed by atoms with E-state index in [1.54, 1.807) is 6.08 Å². The van der Waals surface area contributed by atoms with Crippen molar-refractivity contribution in [1.82, 2.24) is 5.32 Å². The second kappa shape index (κ2) is 42.5. The Bertz CT molecular complexity index is 1330. The molecule has 1 fully saturated rings. The summed E-state index contributed by atoms with van der Waals surface area (Å²) in [4.78, 5) is 26.3. The molecular formula is C54H93NO10. The quantitative estimate of drug-likeness (QED) is 0.0150. The maximum Gasteiger partial charge on any atom is 0.306 e. The number of ether oxygens (including phenoxy) is 3. The molecule has 65 heavy (non-hydrogen) atoms. The lowest BCUT2D eigenvalue weighted by Gasteiger charge is -2.41. The molecule has 0 radical (unpaired) electrons. The van der Waals surface area contributed by atoms with Crippen LogP contribution in [0.15, 0.2) is 72.9 Å². The summed E-state index contributed by atoms with van der Waals surface area (Å²) in [7, 11) is 0. The lowest BCUT2D eigenvalue weighted by molar-refractivity contribution is -0.305. The number of amides is 1. The molecule has 1 aliphatic rings. The van der Waals surface area contributed by atoms with Crippen LogP contribution in [0.2, 0.25) is 0 Å². The molecule has 0 aromatic rings. The Hall–Kier alpha value is -2.90. The number of esters is 1. The third-order valence-electron chi connectivity index (χ3n) is 11.8. The molecule has 0 aromatic carbocycles. The number of carbonyl (C=O) groups excluding carboxylic acids is 2. The van der Waals surface area contributed by atoms with Crippen LogP contribution in [0, 0.1) is 0 Å². The fourth-order valence-corrected chi connectivity index (χ4v) is 7.62. The second-order valence-electron chi connectivity index (χ2n) is 17.7. The Morgan fingerprint density at radius 1 is 0.615 bits per heavy atom. The topological polar surface area (TPSA) is 175 Å². The van der Waals surface area contributed by atoms with Gasteiger partial charge in [-0.1, -0.05) is 222 Å². The number of hydrogen-bond donors (Lipinski definition) is 6. The van der Waals surface area contributed by atoms with Gasteiger partial charge >= 0.3 is 5.97 Å². The molecule has 1 amide bonds. The minimum Gasteiger partial charge on any atom is -0.454 e. The minimum atomic E-state index is -1.64. The summed E-state index contributed by atoms with van der Waals surface area (Å²) in [5.41, 5.74) is 0. The molecule has 374 valence electrons. The minimum absolute atomic E-state index is 0.0255. The summed E-state index contributed by atoms with van der Waals surface area (Å²) in [5, 5.41) is 56.5. The highest BCUT2D eigenvalue weighted by atomic mass is 16.7. The van der Waals surface area contributed by atoms with Crippen LogP contribution in [0.1, 0.15) is 194 Å². The molecule has 11 heteroatoms. The number of aliphatic hydroxyl groups excluding tert-OH is 5. The van der Waals surface area contributed by atoms with E-state index in [1.165, 1.54) is 96.3 Å². The van der Waals surface area contributed by atoms with E-state index in [0.29, 0.717) is 19.3 Å². The molecule has 0 aromatic heterocycles. The summed E-state index contributed by atoms with van der Waals surface area (Å²) in [6.07, 6.45) is 41.1. The zero-order valence-electron chi connectivity index (χ0n) is 40.8. The molecule has 1 heterocycles. The highest BCUT2D eigenvalue weighted by Crippen LogP contribution is 2.26. The van der Waals surface area contributed by atoms with Gasteiger partial charge in [-0.25, -0.2) is 0 Å². The molecule has 0 aliphatic carbocycles. The van der Waals surface area contributed by atoms with Gasteiger partial charge in [0.1, 0.15) is 24.4 Å². The van der Waals surface area contributed by atoms with Crippen molar-refractivity contribution in [2.24, 2.45) is 0 Å². The maximum absolute atomic E-state index is 13.3. The average molecular weight is 916 g/mol. The molecule has 1 rings (SSSR count). The largest absolute Gasteiger partial charge is 0.454 e. The zero-order chi connectivity index (χ0) is 47.6. The van der Waals surface area contributed by atoms with Gasteiger partial charge in [0.2, 0.25) is 5.91 Å². The smallest absolute Gasteiger partial charge is 0.306 e. The number of allylic oxidation sites excluding steroid dienone is 11.